The number of carbonyl (C=O) groups excluding carboxylic acids is 4. The Balaban J connectivity index is 1.30. The lowest BCUT2D eigenvalue weighted by Crippen LogP contribution is -2.73. The fourth-order valence-electron chi connectivity index (χ4n) is 5.47. The molecule has 5 rings (SSSR count). The lowest BCUT2D eigenvalue weighted by atomic mass is 9.84. The highest BCUT2D eigenvalue weighted by molar-refractivity contribution is 7.90. The highest BCUT2D eigenvalue weighted by atomic mass is 32.2. The zero-order valence-corrected chi connectivity index (χ0v) is 25.2. The molecule has 0 atom stereocenters. The molecule has 236 valence electrons. The molecule has 45 heavy (non-hydrogen) atoms. The fraction of sp³-hybridized carbons (Fsp3) is 0.290. The summed E-state index contributed by atoms with van der Waals surface area (Å²) in [4.78, 5) is 54.7. The van der Waals surface area contributed by atoms with E-state index in [-0.39, 0.29) is 24.4 Å². The summed E-state index contributed by atoms with van der Waals surface area (Å²) in [5.74, 6) is -0.951. The number of amides is 5. The van der Waals surface area contributed by atoms with Gasteiger partial charge in [0.05, 0.1) is 4.90 Å². The SMILES string of the molecule is NCCCCC(=O)NS(=O)(=O)c1ccc(N2CCN(C3(c4ccc(Oc5ccccc5)cc4)C(=O)NC(=O)NC3=O)CC2)cc1. The smallest absolute Gasteiger partial charge is 0.328 e. The second-order valence-corrected chi connectivity index (χ2v) is 12.3. The van der Waals surface area contributed by atoms with Crippen LogP contribution in [0.1, 0.15) is 24.8 Å². The van der Waals surface area contributed by atoms with E-state index in [2.05, 4.69) is 15.4 Å². The second-order valence-electron chi connectivity index (χ2n) is 10.6. The first kappa shape index (κ1) is 31.6. The summed E-state index contributed by atoms with van der Waals surface area (Å²) in [5, 5.41) is 4.51. The molecule has 2 heterocycles. The average molecular weight is 635 g/mol. The third-order valence-electron chi connectivity index (χ3n) is 7.73. The van der Waals surface area contributed by atoms with E-state index in [1.165, 1.54) is 12.1 Å². The normalized spacial score (nSPS) is 16.9. The summed E-state index contributed by atoms with van der Waals surface area (Å²) < 4.78 is 33.3. The molecule has 0 spiro atoms. The molecule has 0 radical (unpaired) electrons. The van der Waals surface area contributed by atoms with E-state index in [0.29, 0.717) is 49.5 Å². The van der Waals surface area contributed by atoms with Crippen molar-refractivity contribution in [1.29, 1.82) is 0 Å². The van der Waals surface area contributed by atoms with Crippen LogP contribution < -0.4 is 30.7 Å². The fourth-order valence-corrected chi connectivity index (χ4v) is 6.48. The van der Waals surface area contributed by atoms with Crippen molar-refractivity contribution in [2.24, 2.45) is 5.73 Å². The van der Waals surface area contributed by atoms with E-state index in [9.17, 15) is 27.6 Å². The van der Waals surface area contributed by atoms with Gasteiger partial charge in [-0.3, -0.25) is 29.9 Å². The van der Waals surface area contributed by atoms with Crippen LogP contribution >= 0.6 is 0 Å². The van der Waals surface area contributed by atoms with Crippen molar-refractivity contribution in [2.75, 3.05) is 37.6 Å². The second kappa shape index (κ2) is 13.5. The minimum absolute atomic E-state index is 0.0454. The summed E-state index contributed by atoms with van der Waals surface area (Å²) >= 11 is 0. The number of sulfonamides is 1. The van der Waals surface area contributed by atoms with Gasteiger partial charge in [0.2, 0.25) is 11.4 Å². The zero-order chi connectivity index (χ0) is 32.0. The predicted octanol–water partition coefficient (Wildman–Crippen LogP) is 1.80. The molecule has 5 amide bonds. The number of para-hydroxylation sites is 1. The van der Waals surface area contributed by atoms with Crippen LogP contribution in [0.5, 0.6) is 11.5 Å². The van der Waals surface area contributed by atoms with Crippen molar-refractivity contribution in [3.63, 3.8) is 0 Å². The largest absolute Gasteiger partial charge is 0.457 e. The summed E-state index contributed by atoms with van der Waals surface area (Å²) in [6.45, 7) is 1.77. The molecule has 14 heteroatoms. The van der Waals surface area contributed by atoms with E-state index in [1.54, 1.807) is 53.4 Å². The lowest BCUT2D eigenvalue weighted by molar-refractivity contribution is -0.149. The number of ether oxygens (including phenoxy) is 1. The Kier molecular flexibility index (Phi) is 9.46. The molecular weight excluding hydrogens is 600 g/mol. The third kappa shape index (κ3) is 6.82. The Labute approximate surface area is 260 Å². The number of rotatable bonds is 11. The third-order valence-corrected chi connectivity index (χ3v) is 9.12. The van der Waals surface area contributed by atoms with Gasteiger partial charge in [0, 0.05) is 38.3 Å². The van der Waals surface area contributed by atoms with Gasteiger partial charge >= 0.3 is 6.03 Å². The Morgan fingerprint density at radius 3 is 2.02 bits per heavy atom. The van der Waals surface area contributed by atoms with E-state index in [1.807, 2.05) is 23.1 Å². The van der Waals surface area contributed by atoms with Crippen molar-refractivity contribution in [3.05, 3.63) is 84.4 Å². The van der Waals surface area contributed by atoms with Crippen LogP contribution in [0.4, 0.5) is 10.5 Å². The number of benzene rings is 3. The highest BCUT2D eigenvalue weighted by Crippen LogP contribution is 2.35. The molecule has 2 aliphatic rings. The predicted molar refractivity (Wildman–Crippen MR) is 165 cm³/mol. The number of urea groups is 1. The molecule has 0 aromatic heterocycles. The number of imide groups is 2. The van der Waals surface area contributed by atoms with Crippen molar-refractivity contribution in [1.82, 2.24) is 20.3 Å². The van der Waals surface area contributed by atoms with Gasteiger partial charge in [-0.1, -0.05) is 30.3 Å². The van der Waals surface area contributed by atoms with Crippen LogP contribution in [-0.4, -0.2) is 69.8 Å². The first-order valence-electron chi connectivity index (χ1n) is 14.5. The number of carbonyl (C=O) groups is 4. The van der Waals surface area contributed by atoms with Crippen molar-refractivity contribution >= 4 is 39.5 Å². The maximum atomic E-state index is 13.5. The number of nitrogens with one attached hydrogen (secondary N) is 3. The maximum absolute atomic E-state index is 13.5. The van der Waals surface area contributed by atoms with Crippen LogP contribution in [0.25, 0.3) is 0 Å². The van der Waals surface area contributed by atoms with Gasteiger partial charge in [0.25, 0.3) is 21.8 Å². The topological polar surface area (TPSA) is 180 Å². The summed E-state index contributed by atoms with van der Waals surface area (Å²) in [5.41, 5.74) is 4.73. The lowest BCUT2D eigenvalue weighted by Gasteiger charge is -2.47. The average Bonchev–Trinajstić information content (AvgIpc) is 3.02. The number of nitrogens with zero attached hydrogens (tertiary/aromatic N) is 2. The molecule has 3 aromatic rings. The van der Waals surface area contributed by atoms with Crippen LogP contribution in [0, 0.1) is 0 Å². The van der Waals surface area contributed by atoms with Gasteiger partial charge in [-0.25, -0.2) is 17.9 Å². The highest BCUT2D eigenvalue weighted by Gasteiger charge is 2.56. The van der Waals surface area contributed by atoms with E-state index >= 15 is 0 Å². The molecule has 2 fully saturated rings. The molecule has 2 saturated heterocycles. The summed E-state index contributed by atoms with van der Waals surface area (Å²) in [6.07, 6.45) is 1.19. The molecule has 0 bridgehead atoms. The standard InChI is InChI=1S/C31H34N6O7S/c32-17-5-4-8-27(38)35-45(42,43)26-15-11-23(12-16-26)36-18-20-37(21-19-36)31(28(39)33-30(41)34-29(31)40)22-9-13-25(14-10-22)44-24-6-2-1-3-7-24/h1-3,6-7,9-16H,4-5,8,17-21,32H2,(H,35,38)(H2,33,34,39,40,41). The summed E-state index contributed by atoms with van der Waals surface area (Å²) in [6, 6.07) is 21.0. The quantitative estimate of drug-likeness (QED) is 0.179. The Morgan fingerprint density at radius 2 is 1.42 bits per heavy atom. The number of unbranched alkanes of at least 4 members (excludes halogenated alkanes) is 1. The van der Waals surface area contributed by atoms with Crippen LogP contribution in [-0.2, 0) is 29.9 Å². The molecular formula is C31H34N6O7S. The number of piperazine rings is 1. The van der Waals surface area contributed by atoms with Gasteiger partial charge in [-0.05, 0) is 73.5 Å². The van der Waals surface area contributed by atoms with Gasteiger partial charge < -0.3 is 15.4 Å². The number of barbiturate groups is 1. The van der Waals surface area contributed by atoms with Crippen molar-refractivity contribution in [3.8, 4) is 11.5 Å². The number of hydrogen-bond acceptors (Lipinski definition) is 10. The van der Waals surface area contributed by atoms with E-state index in [4.69, 9.17) is 10.5 Å². The van der Waals surface area contributed by atoms with Crippen molar-refractivity contribution < 1.29 is 32.3 Å². The van der Waals surface area contributed by atoms with Crippen molar-refractivity contribution in [2.45, 2.75) is 29.7 Å². The van der Waals surface area contributed by atoms with Gasteiger partial charge in [0.1, 0.15) is 11.5 Å². The van der Waals surface area contributed by atoms with Crippen LogP contribution in [0.3, 0.4) is 0 Å². The Bertz CT molecular complexity index is 1640. The first-order valence-corrected chi connectivity index (χ1v) is 16.0. The van der Waals surface area contributed by atoms with Gasteiger partial charge in [0.15, 0.2) is 0 Å². The number of anilines is 1. The zero-order valence-electron chi connectivity index (χ0n) is 24.4. The molecule has 0 aliphatic carbocycles. The monoisotopic (exact) mass is 634 g/mol. The van der Waals surface area contributed by atoms with Crippen LogP contribution in [0.15, 0.2) is 83.8 Å². The molecule has 5 N–H and O–H groups in total. The van der Waals surface area contributed by atoms with Crippen LogP contribution in [0.2, 0.25) is 0 Å². The minimum atomic E-state index is -4.03. The molecule has 0 unspecified atom stereocenters. The summed E-state index contributed by atoms with van der Waals surface area (Å²) in [7, 11) is -4.03. The molecule has 2 aliphatic heterocycles. The number of nitrogens with two attached hydrogens (primary N) is 1. The Hall–Kier alpha value is -4.79. The van der Waals surface area contributed by atoms with E-state index < -0.39 is 39.3 Å². The van der Waals surface area contributed by atoms with Gasteiger partial charge in [-0.2, -0.15) is 0 Å². The molecule has 0 saturated carbocycles. The molecule has 3 aromatic carbocycles. The molecule has 13 nitrogen and oxygen atoms in total. The van der Waals surface area contributed by atoms with E-state index in [0.717, 1.165) is 5.69 Å². The minimum Gasteiger partial charge on any atom is -0.457 e. The maximum Gasteiger partial charge on any atom is 0.328 e. The van der Waals surface area contributed by atoms with Gasteiger partial charge in [-0.15, -0.1) is 0 Å². The Morgan fingerprint density at radius 1 is 0.822 bits per heavy atom. The number of hydrogen-bond donors (Lipinski definition) is 4. The first-order chi connectivity index (χ1) is 21.6.